The first kappa shape index (κ1) is 6.48. The minimum absolute atomic E-state index is 1.02. The van der Waals surface area contributed by atoms with Crippen LogP contribution in [0.5, 0.6) is 0 Å². The van der Waals surface area contributed by atoms with Crippen molar-refractivity contribution < 1.29 is 0 Å². The van der Waals surface area contributed by atoms with Crippen molar-refractivity contribution in [3.8, 4) is 0 Å². The Labute approximate surface area is 45.5 Å². The van der Waals surface area contributed by atoms with Crippen molar-refractivity contribution in [3.63, 3.8) is 0 Å². The molecular formula is C7H12. The van der Waals surface area contributed by atoms with Gasteiger partial charge in [0.05, 0.1) is 0 Å². The Kier molecular flexibility index (Phi) is 3.39. The van der Waals surface area contributed by atoms with Gasteiger partial charge in [-0.15, -0.1) is 0 Å². The average molecular weight is 96.2 g/mol. The molecule has 0 amide bonds. The summed E-state index contributed by atoms with van der Waals surface area (Å²) in [5.74, 6) is 0. The van der Waals surface area contributed by atoms with Gasteiger partial charge in [-0.05, 0) is 20.3 Å². The van der Waals surface area contributed by atoms with Crippen LogP contribution in [0.1, 0.15) is 20.3 Å². The predicted octanol–water partition coefficient (Wildman–Crippen LogP) is 2.53. The number of rotatable bonds is 2. The summed E-state index contributed by atoms with van der Waals surface area (Å²) in [7, 11) is 0. The van der Waals surface area contributed by atoms with E-state index >= 15 is 0 Å². The molecule has 0 aromatic rings. The van der Waals surface area contributed by atoms with Gasteiger partial charge in [0.2, 0.25) is 0 Å². The number of hydrogen-bond donors (Lipinski definition) is 0. The second-order valence-corrected chi connectivity index (χ2v) is 1.73. The Morgan fingerprint density at radius 1 is 1.71 bits per heavy atom. The molecular weight excluding hydrogens is 84.1 g/mol. The molecule has 0 aliphatic rings. The topological polar surface area (TPSA) is 0 Å². The highest BCUT2D eigenvalue weighted by molar-refractivity contribution is 4.97. The number of allylic oxidation sites excluding steroid dienone is 3. The molecule has 7 heavy (non-hydrogen) atoms. The molecule has 0 rings (SSSR count). The molecule has 0 aromatic carbocycles. The summed E-state index contributed by atoms with van der Waals surface area (Å²) < 4.78 is 0. The molecule has 0 aromatic heterocycles. The van der Waals surface area contributed by atoms with E-state index in [4.69, 9.17) is 0 Å². The van der Waals surface area contributed by atoms with Crippen molar-refractivity contribution in [3.05, 3.63) is 24.3 Å². The van der Waals surface area contributed by atoms with Gasteiger partial charge >= 0.3 is 0 Å². The van der Waals surface area contributed by atoms with Gasteiger partial charge in [0.1, 0.15) is 0 Å². The lowest BCUT2D eigenvalue weighted by molar-refractivity contribution is 1.22. The zero-order valence-corrected chi connectivity index (χ0v) is 5.07. The van der Waals surface area contributed by atoms with E-state index in [0.717, 1.165) is 6.42 Å². The first-order chi connectivity index (χ1) is 3.27. The maximum absolute atomic E-state index is 3.74. The number of hydrogen-bond acceptors (Lipinski definition) is 0. The minimum atomic E-state index is 1.02. The molecule has 0 aliphatic carbocycles. The van der Waals surface area contributed by atoms with Gasteiger partial charge in [-0.2, -0.15) is 0 Å². The summed E-state index contributed by atoms with van der Waals surface area (Å²) in [5, 5.41) is 0. The molecule has 0 nitrogen and oxygen atoms in total. The van der Waals surface area contributed by atoms with E-state index in [0.29, 0.717) is 0 Å². The molecule has 0 saturated heterocycles. The van der Waals surface area contributed by atoms with E-state index in [1.165, 1.54) is 5.57 Å². The van der Waals surface area contributed by atoms with E-state index < -0.39 is 0 Å². The van der Waals surface area contributed by atoms with Gasteiger partial charge in [0.25, 0.3) is 0 Å². The van der Waals surface area contributed by atoms with Crippen LogP contribution in [0.25, 0.3) is 0 Å². The molecule has 40 valence electrons. The van der Waals surface area contributed by atoms with Gasteiger partial charge in [-0.1, -0.05) is 24.3 Å². The van der Waals surface area contributed by atoms with Crippen molar-refractivity contribution in [2.24, 2.45) is 0 Å². The van der Waals surface area contributed by atoms with Gasteiger partial charge in [0.15, 0.2) is 0 Å². The standard InChI is InChI=1S/C7H12/c1-4-5-6-7(2)3/h4-5H,2,6H2,1,3H3. The molecule has 0 saturated carbocycles. The predicted molar refractivity (Wildman–Crippen MR) is 34.2 cm³/mol. The second-order valence-electron chi connectivity index (χ2n) is 1.73. The van der Waals surface area contributed by atoms with Crippen molar-refractivity contribution in [2.45, 2.75) is 20.3 Å². The molecule has 0 spiro atoms. The highest BCUT2D eigenvalue weighted by Gasteiger charge is 1.73. The zero-order valence-electron chi connectivity index (χ0n) is 5.07. The van der Waals surface area contributed by atoms with Crippen LogP contribution >= 0.6 is 0 Å². The fourth-order valence-electron chi connectivity index (χ4n) is 0.319. The molecule has 0 N–H and O–H groups in total. The summed E-state index contributed by atoms with van der Waals surface area (Å²) in [4.78, 5) is 0. The van der Waals surface area contributed by atoms with Crippen molar-refractivity contribution in [1.82, 2.24) is 0 Å². The first-order valence-corrected chi connectivity index (χ1v) is 2.53. The van der Waals surface area contributed by atoms with E-state index in [-0.39, 0.29) is 0 Å². The smallest absolute Gasteiger partial charge is 0.0144 e. The van der Waals surface area contributed by atoms with E-state index in [2.05, 4.69) is 12.7 Å². The van der Waals surface area contributed by atoms with Crippen LogP contribution in [0.2, 0.25) is 0 Å². The highest BCUT2D eigenvalue weighted by Crippen LogP contribution is 1.94. The Balaban J connectivity index is 3.14. The van der Waals surface area contributed by atoms with Crippen LogP contribution in [0.15, 0.2) is 24.3 Å². The van der Waals surface area contributed by atoms with Crippen molar-refractivity contribution in [2.75, 3.05) is 0 Å². The average Bonchev–Trinajstić information content (AvgIpc) is 1.61. The molecule has 0 radical (unpaired) electrons. The molecule has 0 aliphatic heterocycles. The van der Waals surface area contributed by atoms with Crippen molar-refractivity contribution >= 4 is 0 Å². The van der Waals surface area contributed by atoms with Gasteiger partial charge < -0.3 is 0 Å². The summed E-state index contributed by atoms with van der Waals surface area (Å²) in [6, 6.07) is 0. The van der Waals surface area contributed by atoms with Gasteiger partial charge in [-0.3, -0.25) is 0 Å². The van der Waals surface area contributed by atoms with Gasteiger partial charge in [-0.25, -0.2) is 0 Å². The van der Waals surface area contributed by atoms with Crippen LogP contribution in [0.4, 0.5) is 0 Å². The molecule has 0 heteroatoms. The maximum atomic E-state index is 3.74. The summed E-state index contributed by atoms with van der Waals surface area (Å²) in [6.45, 7) is 7.79. The third kappa shape index (κ3) is 5.48. The fourth-order valence-corrected chi connectivity index (χ4v) is 0.319. The quantitative estimate of drug-likeness (QED) is 0.463. The first-order valence-electron chi connectivity index (χ1n) is 2.53. The molecule has 0 heterocycles. The largest absolute Gasteiger partial charge is 0.0998 e. The zero-order chi connectivity index (χ0) is 5.70. The summed E-state index contributed by atoms with van der Waals surface area (Å²) in [5.41, 5.74) is 1.22. The molecule has 0 atom stereocenters. The normalized spacial score (nSPS) is 10.0. The van der Waals surface area contributed by atoms with Crippen LogP contribution in [-0.4, -0.2) is 0 Å². The Morgan fingerprint density at radius 3 is 2.43 bits per heavy atom. The van der Waals surface area contributed by atoms with Gasteiger partial charge in [0, 0.05) is 0 Å². The Morgan fingerprint density at radius 2 is 2.29 bits per heavy atom. The van der Waals surface area contributed by atoms with Crippen LogP contribution < -0.4 is 0 Å². The fraction of sp³-hybridized carbons (Fsp3) is 0.429. The third-order valence-corrected chi connectivity index (χ3v) is 0.702. The minimum Gasteiger partial charge on any atom is -0.0998 e. The van der Waals surface area contributed by atoms with E-state index in [1.54, 1.807) is 0 Å². The van der Waals surface area contributed by atoms with Crippen LogP contribution in [-0.2, 0) is 0 Å². The maximum Gasteiger partial charge on any atom is -0.0144 e. The SMILES string of the molecule is C=C(C)CC=CC. The lowest BCUT2D eigenvalue weighted by atomic mass is 10.2. The Hall–Kier alpha value is -0.520. The van der Waals surface area contributed by atoms with E-state index in [1.807, 2.05) is 19.9 Å². The Bertz CT molecular complexity index is 78.0. The molecule has 0 fully saturated rings. The second kappa shape index (κ2) is 3.66. The molecule has 0 bridgehead atoms. The summed E-state index contributed by atoms with van der Waals surface area (Å²) in [6.07, 6.45) is 5.16. The lowest BCUT2D eigenvalue weighted by Gasteiger charge is -1.84. The van der Waals surface area contributed by atoms with Crippen molar-refractivity contribution in [1.29, 1.82) is 0 Å². The lowest BCUT2D eigenvalue weighted by Crippen LogP contribution is -1.63. The third-order valence-electron chi connectivity index (χ3n) is 0.702. The van der Waals surface area contributed by atoms with Crippen LogP contribution in [0, 0.1) is 0 Å². The summed E-state index contributed by atoms with van der Waals surface area (Å²) >= 11 is 0. The highest BCUT2D eigenvalue weighted by atomic mass is 13.8. The van der Waals surface area contributed by atoms with Crippen LogP contribution in [0.3, 0.4) is 0 Å². The van der Waals surface area contributed by atoms with E-state index in [9.17, 15) is 0 Å². The molecule has 0 unspecified atom stereocenters. The monoisotopic (exact) mass is 96.1 g/mol.